The standard InChI is InChI=1S/C13H14ClN3/c1-10-3-5-11(6-4-10)9-17(2)13-8-15-7-12(14)16-13/h3-8H,9H2,1-2H3. The maximum atomic E-state index is 5.81. The Labute approximate surface area is 106 Å². The highest BCUT2D eigenvalue weighted by Crippen LogP contribution is 2.14. The van der Waals surface area contributed by atoms with E-state index in [0.717, 1.165) is 12.4 Å². The molecule has 3 nitrogen and oxygen atoms in total. The van der Waals surface area contributed by atoms with Gasteiger partial charge in [0.2, 0.25) is 0 Å². The van der Waals surface area contributed by atoms with Gasteiger partial charge in [-0.25, -0.2) is 4.98 Å². The van der Waals surface area contributed by atoms with Gasteiger partial charge in [-0.05, 0) is 12.5 Å². The van der Waals surface area contributed by atoms with Crippen LogP contribution >= 0.6 is 11.6 Å². The molecule has 0 spiro atoms. The average molecular weight is 248 g/mol. The first kappa shape index (κ1) is 11.9. The lowest BCUT2D eigenvalue weighted by atomic mass is 10.1. The van der Waals surface area contributed by atoms with Crippen molar-refractivity contribution in [3.8, 4) is 0 Å². The molecule has 0 amide bonds. The molecular formula is C13H14ClN3. The SMILES string of the molecule is Cc1ccc(CN(C)c2cncc(Cl)n2)cc1. The molecule has 0 saturated carbocycles. The predicted octanol–water partition coefficient (Wildman–Crippen LogP) is 3.07. The Morgan fingerprint density at radius 3 is 2.53 bits per heavy atom. The van der Waals surface area contributed by atoms with Gasteiger partial charge in [0.05, 0.1) is 12.4 Å². The summed E-state index contributed by atoms with van der Waals surface area (Å²) in [7, 11) is 1.97. The molecule has 2 aromatic rings. The molecule has 0 saturated heterocycles. The van der Waals surface area contributed by atoms with Crippen LogP contribution in [0.15, 0.2) is 36.7 Å². The van der Waals surface area contributed by atoms with E-state index in [1.807, 2.05) is 11.9 Å². The Hall–Kier alpha value is -1.61. The summed E-state index contributed by atoms with van der Waals surface area (Å²) in [6.45, 7) is 2.87. The summed E-state index contributed by atoms with van der Waals surface area (Å²) in [6, 6.07) is 8.44. The summed E-state index contributed by atoms with van der Waals surface area (Å²) in [5, 5.41) is 0.415. The molecule has 0 aliphatic carbocycles. The zero-order valence-corrected chi connectivity index (χ0v) is 10.6. The van der Waals surface area contributed by atoms with Crippen LogP contribution < -0.4 is 4.90 Å². The third kappa shape index (κ3) is 3.17. The molecule has 1 heterocycles. The van der Waals surface area contributed by atoms with Gasteiger partial charge in [-0.15, -0.1) is 0 Å². The van der Waals surface area contributed by atoms with Crippen molar-refractivity contribution in [2.45, 2.75) is 13.5 Å². The first-order chi connectivity index (χ1) is 8.15. The van der Waals surface area contributed by atoms with E-state index in [2.05, 4.69) is 41.2 Å². The van der Waals surface area contributed by atoms with Crippen molar-refractivity contribution in [3.63, 3.8) is 0 Å². The van der Waals surface area contributed by atoms with Crippen molar-refractivity contribution < 1.29 is 0 Å². The molecule has 0 bridgehead atoms. The second-order valence-corrected chi connectivity index (χ2v) is 4.43. The first-order valence-electron chi connectivity index (χ1n) is 5.39. The largest absolute Gasteiger partial charge is 0.354 e. The monoisotopic (exact) mass is 247 g/mol. The summed E-state index contributed by atoms with van der Waals surface area (Å²) in [4.78, 5) is 10.3. The minimum absolute atomic E-state index is 0.415. The normalized spacial score (nSPS) is 10.3. The van der Waals surface area contributed by atoms with Crippen molar-refractivity contribution in [1.29, 1.82) is 0 Å². The van der Waals surface area contributed by atoms with Crippen molar-refractivity contribution in [3.05, 3.63) is 52.9 Å². The number of hydrogen-bond acceptors (Lipinski definition) is 3. The van der Waals surface area contributed by atoms with E-state index < -0.39 is 0 Å². The number of halogens is 1. The third-order valence-electron chi connectivity index (χ3n) is 2.52. The molecule has 0 aliphatic heterocycles. The summed E-state index contributed by atoms with van der Waals surface area (Å²) >= 11 is 5.81. The second-order valence-electron chi connectivity index (χ2n) is 4.04. The molecule has 1 aromatic carbocycles. The highest BCUT2D eigenvalue weighted by atomic mass is 35.5. The second kappa shape index (κ2) is 5.15. The fourth-order valence-electron chi connectivity index (χ4n) is 1.56. The van der Waals surface area contributed by atoms with Crippen LogP contribution in [0.2, 0.25) is 5.15 Å². The third-order valence-corrected chi connectivity index (χ3v) is 2.71. The summed E-state index contributed by atoms with van der Waals surface area (Å²) < 4.78 is 0. The minimum atomic E-state index is 0.415. The van der Waals surface area contributed by atoms with Gasteiger partial charge in [-0.1, -0.05) is 41.4 Å². The fourth-order valence-corrected chi connectivity index (χ4v) is 1.71. The number of anilines is 1. The molecule has 17 heavy (non-hydrogen) atoms. The van der Waals surface area contributed by atoms with Gasteiger partial charge in [0.25, 0.3) is 0 Å². The van der Waals surface area contributed by atoms with Gasteiger partial charge in [0, 0.05) is 13.6 Å². The fraction of sp³-hybridized carbons (Fsp3) is 0.231. The van der Waals surface area contributed by atoms with Gasteiger partial charge in [-0.3, -0.25) is 4.98 Å². The van der Waals surface area contributed by atoms with E-state index >= 15 is 0 Å². The first-order valence-corrected chi connectivity index (χ1v) is 5.77. The molecule has 0 atom stereocenters. The molecule has 4 heteroatoms. The van der Waals surface area contributed by atoms with E-state index in [1.54, 1.807) is 6.20 Å². The Kier molecular flexibility index (Phi) is 3.59. The number of hydrogen-bond donors (Lipinski definition) is 0. The van der Waals surface area contributed by atoms with Crippen molar-refractivity contribution in [1.82, 2.24) is 9.97 Å². The molecule has 0 radical (unpaired) electrons. The van der Waals surface area contributed by atoms with Gasteiger partial charge < -0.3 is 4.90 Å². The molecule has 0 aliphatic rings. The number of benzene rings is 1. The topological polar surface area (TPSA) is 29.0 Å². The Bertz CT molecular complexity index is 496. The quantitative estimate of drug-likeness (QED) is 0.835. The molecule has 0 N–H and O–H groups in total. The lowest BCUT2D eigenvalue weighted by Crippen LogP contribution is -2.17. The predicted molar refractivity (Wildman–Crippen MR) is 70.3 cm³/mol. The Morgan fingerprint density at radius 1 is 1.18 bits per heavy atom. The Balaban J connectivity index is 2.11. The zero-order chi connectivity index (χ0) is 12.3. The summed E-state index contributed by atoms with van der Waals surface area (Å²) in [5.74, 6) is 0.776. The average Bonchev–Trinajstić information content (AvgIpc) is 2.32. The van der Waals surface area contributed by atoms with Crippen molar-refractivity contribution in [2.75, 3.05) is 11.9 Å². The van der Waals surface area contributed by atoms with Crippen LogP contribution in [0, 0.1) is 6.92 Å². The molecule has 0 unspecified atom stereocenters. The van der Waals surface area contributed by atoms with Crippen LogP contribution in [0.1, 0.15) is 11.1 Å². The highest BCUT2D eigenvalue weighted by Gasteiger charge is 2.04. The molecular weight excluding hydrogens is 234 g/mol. The molecule has 0 fully saturated rings. The van der Waals surface area contributed by atoms with Crippen LogP contribution in [0.25, 0.3) is 0 Å². The van der Waals surface area contributed by atoms with E-state index in [4.69, 9.17) is 11.6 Å². The van der Waals surface area contributed by atoms with Crippen LogP contribution in [-0.2, 0) is 6.54 Å². The Morgan fingerprint density at radius 2 is 1.88 bits per heavy atom. The molecule has 1 aromatic heterocycles. The van der Waals surface area contributed by atoms with Crippen LogP contribution in [0.3, 0.4) is 0 Å². The van der Waals surface area contributed by atoms with Crippen molar-refractivity contribution in [2.24, 2.45) is 0 Å². The number of nitrogens with zero attached hydrogens (tertiary/aromatic N) is 3. The maximum Gasteiger partial charge on any atom is 0.149 e. The van der Waals surface area contributed by atoms with Crippen LogP contribution in [0.4, 0.5) is 5.82 Å². The number of rotatable bonds is 3. The van der Waals surface area contributed by atoms with Gasteiger partial charge in [0.15, 0.2) is 0 Å². The summed E-state index contributed by atoms with van der Waals surface area (Å²) in [6.07, 6.45) is 3.24. The number of aromatic nitrogens is 2. The van der Waals surface area contributed by atoms with E-state index in [-0.39, 0.29) is 0 Å². The van der Waals surface area contributed by atoms with E-state index in [9.17, 15) is 0 Å². The van der Waals surface area contributed by atoms with Gasteiger partial charge >= 0.3 is 0 Å². The lowest BCUT2D eigenvalue weighted by molar-refractivity contribution is 0.890. The van der Waals surface area contributed by atoms with Gasteiger partial charge in [0.1, 0.15) is 11.0 Å². The zero-order valence-electron chi connectivity index (χ0n) is 9.89. The number of aryl methyl sites for hydroxylation is 1. The van der Waals surface area contributed by atoms with Gasteiger partial charge in [-0.2, -0.15) is 0 Å². The smallest absolute Gasteiger partial charge is 0.149 e. The van der Waals surface area contributed by atoms with E-state index in [1.165, 1.54) is 17.3 Å². The molecule has 88 valence electrons. The maximum absolute atomic E-state index is 5.81. The van der Waals surface area contributed by atoms with Crippen molar-refractivity contribution >= 4 is 17.4 Å². The lowest BCUT2D eigenvalue weighted by Gasteiger charge is -2.17. The summed E-state index contributed by atoms with van der Waals surface area (Å²) in [5.41, 5.74) is 2.50. The minimum Gasteiger partial charge on any atom is -0.354 e. The van der Waals surface area contributed by atoms with Crippen LogP contribution in [-0.4, -0.2) is 17.0 Å². The van der Waals surface area contributed by atoms with Crippen LogP contribution in [0.5, 0.6) is 0 Å². The van der Waals surface area contributed by atoms with E-state index in [0.29, 0.717) is 5.15 Å². The molecule has 2 rings (SSSR count). The highest BCUT2D eigenvalue weighted by molar-refractivity contribution is 6.29.